The largest absolute Gasteiger partial charge is 0.449 e. The number of hydrogen-bond donors (Lipinski definition) is 2. The molecule has 1 saturated carbocycles. The van der Waals surface area contributed by atoms with Crippen molar-refractivity contribution in [3.05, 3.63) is 29.3 Å². The predicted molar refractivity (Wildman–Crippen MR) is 85.5 cm³/mol. The molecule has 1 amide bonds. The Labute approximate surface area is 131 Å². The van der Waals surface area contributed by atoms with Gasteiger partial charge in [-0.1, -0.05) is 25.3 Å². The van der Waals surface area contributed by atoms with Gasteiger partial charge in [0.05, 0.1) is 5.56 Å². The summed E-state index contributed by atoms with van der Waals surface area (Å²) < 4.78 is 5.23. The van der Waals surface area contributed by atoms with Crippen LogP contribution in [0.5, 0.6) is 0 Å². The van der Waals surface area contributed by atoms with Crippen LogP contribution in [0.2, 0.25) is 0 Å². The van der Waals surface area contributed by atoms with Crippen LogP contribution >= 0.6 is 0 Å². The summed E-state index contributed by atoms with van der Waals surface area (Å²) >= 11 is 0. The third-order valence-corrected chi connectivity index (χ3v) is 4.12. The van der Waals surface area contributed by atoms with Gasteiger partial charge < -0.3 is 15.8 Å². The van der Waals surface area contributed by atoms with Gasteiger partial charge in [-0.25, -0.2) is 4.79 Å². The summed E-state index contributed by atoms with van der Waals surface area (Å²) in [5.41, 5.74) is 7.59. The molecule has 0 bridgehead atoms. The molecular weight excluding hydrogens is 280 g/mol. The van der Waals surface area contributed by atoms with E-state index >= 15 is 0 Å². The molecule has 22 heavy (non-hydrogen) atoms. The molecule has 1 fully saturated rings. The molecule has 2 rings (SSSR count). The number of rotatable bonds is 4. The fraction of sp³-hybridized carbons (Fsp3) is 0.529. The van der Waals surface area contributed by atoms with E-state index in [2.05, 4.69) is 5.32 Å². The highest BCUT2D eigenvalue weighted by Gasteiger charge is 2.22. The number of ether oxygens (including phenoxy) is 1. The molecule has 1 atom stereocenters. The van der Waals surface area contributed by atoms with Crippen molar-refractivity contribution in [3.8, 4) is 0 Å². The lowest BCUT2D eigenvalue weighted by Crippen LogP contribution is -2.42. The van der Waals surface area contributed by atoms with Crippen molar-refractivity contribution in [2.24, 2.45) is 0 Å². The van der Waals surface area contributed by atoms with Crippen molar-refractivity contribution in [1.29, 1.82) is 0 Å². The Balaban J connectivity index is 1.89. The van der Waals surface area contributed by atoms with Gasteiger partial charge in [0.1, 0.15) is 0 Å². The van der Waals surface area contributed by atoms with Crippen molar-refractivity contribution >= 4 is 17.6 Å². The zero-order valence-electron chi connectivity index (χ0n) is 13.2. The normalized spacial score (nSPS) is 16.8. The van der Waals surface area contributed by atoms with Crippen LogP contribution in [-0.4, -0.2) is 24.0 Å². The van der Waals surface area contributed by atoms with Crippen molar-refractivity contribution in [2.45, 2.75) is 58.1 Å². The smallest absolute Gasteiger partial charge is 0.338 e. The van der Waals surface area contributed by atoms with Crippen molar-refractivity contribution in [3.63, 3.8) is 0 Å². The van der Waals surface area contributed by atoms with E-state index in [9.17, 15) is 9.59 Å². The molecular formula is C17H24N2O3. The molecule has 0 aliphatic heterocycles. The summed E-state index contributed by atoms with van der Waals surface area (Å²) in [6.45, 7) is 3.46. The number of hydrogen-bond acceptors (Lipinski definition) is 4. The molecule has 0 saturated heterocycles. The first-order valence-electron chi connectivity index (χ1n) is 7.85. The molecule has 1 aromatic rings. The van der Waals surface area contributed by atoms with Gasteiger partial charge in [-0.2, -0.15) is 0 Å². The van der Waals surface area contributed by atoms with Gasteiger partial charge in [-0.15, -0.1) is 0 Å². The van der Waals surface area contributed by atoms with Gasteiger partial charge in [0, 0.05) is 11.7 Å². The van der Waals surface area contributed by atoms with E-state index < -0.39 is 12.1 Å². The quantitative estimate of drug-likeness (QED) is 0.661. The first-order chi connectivity index (χ1) is 10.5. The Kier molecular flexibility index (Phi) is 5.41. The van der Waals surface area contributed by atoms with Crippen LogP contribution in [0.25, 0.3) is 0 Å². The molecule has 0 unspecified atom stereocenters. The van der Waals surface area contributed by atoms with Crippen LogP contribution in [0, 0.1) is 6.92 Å². The molecule has 0 radical (unpaired) electrons. The van der Waals surface area contributed by atoms with E-state index in [1.54, 1.807) is 25.1 Å². The molecule has 0 spiro atoms. The van der Waals surface area contributed by atoms with E-state index in [0.29, 0.717) is 11.3 Å². The summed E-state index contributed by atoms with van der Waals surface area (Å²) in [6.07, 6.45) is 4.70. The summed E-state index contributed by atoms with van der Waals surface area (Å²) in [5, 5.41) is 2.96. The maximum Gasteiger partial charge on any atom is 0.338 e. The van der Waals surface area contributed by atoms with Gasteiger partial charge >= 0.3 is 5.97 Å². The van der Waals surface area contributed by atoms with Crippen LogP contribution in [0.15, 0.2) is 18.2 Å². The third-order valence-electron chi connectivity index (χ3n) is 4.12. The second kappa shape index (κ2) is 7.29. The Hall–Kier alpha value is -2.04. The van der Waals surface area contributed by atoms with Gasteiger partial charge in [0.2, 0.25) is 0 Å². The minimum Gasteiger partial charge on any atom is -0.449 e. The highest BCUT2D eigenvalue weighted by molar-refractivity contribution is 5.93. The molecule has 1 aliphatic carbocycles. The maximum atomic E-state index is 12.1. The molecule has 5 nitrogen and oxygen atoms in total. The minimum atomic E-state index is -0.808. The molecule has 120 valence electrons. The second-order valence-electron chi connectivity index (χ2n) is 5.96. The van der Waals surface area contributed by atoms with E-state index in [1.807, 2.05) is 6.92 Å². The molecule has 0 heterocycles. The fourth-order valence-corrected chi connectivity index (χ4v) is 2.62. The predicted octanol–water partition coefficient (Wildman–Crippen LogP) is 2.57. The maximum absolute atomic E-state index is 12.1. The highest BCUT2D eigenvalue weighted by atomic mass is 16.5. The topological polar surface area (TPSA) is 81.4 Å². The van der Waals surface area contributed by atoms with E-state index in [1.165, 1.54) is 6.42 Å². The second-order valence-corrected chi connectivity index (χ2v) is 5.96. The summed E-state index contributed by atoms with van der Waals surface area (Å²) in [5.74, 6) is -0.765. The molecule has 5 heteroatoms. The van der Waals surface area contributed by atoms with E-state index in [0.717, 1.165) is 31.2 Å². The van der Waals surface area contributed by atoms with Crippen molar-refractivity contribution in [1.82, 2.24) is 5.32 Å². The van der Waals surface area contributed by atoms with Crippen LogP contribution in [-0.2, 0) is 9.53 Å². The van der Waals surface area contributed by atoms with Gasteiger partial charge in [0.25, 0.3) is 5.91 Å². The third kappa shape index (κ3) is 4.23. The first-order valence-corrected chi connectivity index (χ1v) is 7.85. The zero-order valence-corrected chi connectivity index (χ0v) is 13.2. The number of carbonyl (C=O) groups excluding carboxylic acids is 2. The Bertz CT molecular complexity index is 551. The van der Waals surface area contributed by atoms with Crippen LogP contribution in [0.1, 0.15) is 54.9 Å². The summed E-state index contributed by atoms with van der Waals surface area (Å²) in [4.78, 5) is 24.1. The number of anilines is 1. The number of nitrogen functional groups attached to an aromatic ring is 1. The number of carbonyl (C=O) groups is 2. The number of nitrogens with two attached hydrogens (primary N) is 1. The molecule has 1 aliphatic rings. The average molecular weight is 304 g/mol. The van der Waals surface area contributed by atoms with Crippen LogP contribution in [0.3, 0.4) is 0 Å². The number of aryl methyl sites for hydroxylation is 1. The lowest BCUT2D eigenvalue weighted by molar-refractivity contribution is -0.130. The molecule has 3 N–H and O–H groups in total. The monoisotopic (exact) mass is 304 g/mol. The summed E-state index contributed by atoms with van der Waals surface area (Å²) in [6, 6.07) is 5.19. The Morgan fingerprint density at radius 2 is 1.95 bits per heavy atom. The van der Waals surface area contributed by atoms with Crippen molar-refractivity contribution in [2.75, 3.05) is 5.73 Å². The number of nitrogens with one attached hydrogen (secondary N) is 1. The first kappa shape index (κ1) is 16.3. The van der Waals surface area contributed by atoms with E-state index in [4.69, 9.17) is 10.5 Å². The van der Waals surface area contributed by atoms with E-state index in [-0.39, 0.29) is 11.9 Å². The number of benzene rings is 1. The lowest BCUT2D eigenvalue weighted by Gasteiger charge is -2.24. The average Bonchev–Trinajstić information content (AvgIpc) is 2.50. The number of esters is 1. The van der Waals surface area contributed by atoms with Gasteiger partial charge in [-0.05, 0) is 44.4 Å². The molecule has 1 aromatic carbocycles. The van der Waals surface area contributed by atoms with Gasteiger partial charge in [0.15, 0.2) is 6.10 Å². The van der Waals surface area contributed by atoms with Crippen LogP contribution in [0.4, 0.5) is 5.69 Å². The SMILES string of the molecule is Cc1ccc(C(=O)O[C@@H](C)C(=O)NC2CCCCC2)cc1N. The Morgan fingerprint density at radius 1 is 1.27 bits per heavy atom. The summed E-state index contributed by atoms with van der Waals surface area (Å²) in [7, 11) is 0. The van der Waals surface area contributed by atoms with Crippen molar-refractivity contribution < 1.29 is 14.3 Å². The lowest BCUT2D eigenvalue weighted by atomic mass is 9.95. The zero-order chi connectivity index (χ0) is 16.1. The van der Waals surface area contributed by atoms with Crippen LogP contribution < -0.4 is 11.1 Å². The number of amides is 1. The Morgan fingerprint density at radius 3 is 2.59 bits per heavy atom. The minimum absolute atomic E-state index is 0.206. The fourth-order valence-electron chi connectivity index (χ4n) is 2.62. The highest BCUT2D eigenvalue weighted by Crippen LogP contribution is 2.18. The standard InChI is InChI=1S/C17H24N2O3/c1-11-8-9-13(10-15(11)18)17(21)22-12(2)16(20)19-14-6-4-3-5-7-14/h8-10,12,14H,3-7,18H2,1-2H3,(H,19,20)/t12-/m0/s1. The van der Waals surface area contributed by atoms with Gasteiger partial charge in [-0.3, -0.25) is 4.79 Å². The molecule has 0 aromatic heterocycles.